The van der Waals surface area contributed by atoms with E-state index in [9.17, 15) is 0 Å². The van der Waals surface area contributed by atoms with Crippen molar-refractivity contribution in [2.45, 2.75) is 20.3 Å². The lowest BCUT2D eigenvalue weighted by molar-refractivity contribution is 0.307. The topological polar surface area (TPSA) is 102 Å². The second kappa shape index (κ2) is 6.79. The molecule has 3 rings (SSSR count). The average Bonchev–Trinajstić information content (AvgIpc) is 3.12. The Hall–Kier alpha value is -2.74. The summed E-state index contributed by atoms with van der Waals surface area (Å²) >= 11 is 1.40. The van der Waals surface area contributed by atoms with Gasteiger partial charge < -0.3 is 10.5 Å². The number of nitrogens with one attached hydrogen (secondary N) is 1. The van der Waals surface area contributed by atoms with Crippen molar-refractivity contribution in [2.24, 2.45) is 10.7 Å². The number of thiazole rings is 1. The monoisotopic (exact) mass is 342 g/mol. The lowest BCUT2D eigenvalue weighted by Crippen LogP contribution is -2.13. The number of nitrogens with two attached hydrogens (primary N) is 1. The number of pyridine rings is 1. The molecule has 0 amide bonds. The van der Waals surface area contributed by atoms with E-state index in [4.69, 9.17) is 15.9 Å². The third-order valence-electron chi connectivity index (χ3n) is 3.40. The number of ether oxygens (including phenoxy) is 1. The Morgan fingerprint density at radius 3 is 3.08 bits per heavy atom. The number of rotatable bonds is 6. The molecule has 0 unspecified atom stereocenters. The smallest absolute Gasteiger partial charge is 0.236 e. The molecule has 24 heavy (non-hydrogen) atoms. The van der Waals surface area contributed by atoms with Crippen molar-refractivity contribution < 1.29 is 4.74 Å². The molecule has 0 aliphatic rings. The molecule has 0 radical (unpaired) electrons. The summed E-state index contributed by atoms with van der Waals surface area (Å²) in [5, 5.41) is 12.4. The Morgan fingerprint density at radius 1 is 1.50 bits per heavy atom. The molecule has 0 saturated heterocycles. The van der Waals surface area contributed by atoms with Crippen molar-refractivity contribution >= 4 is 29.0 Å². The highest BCUT2D eigenvalue weighted by atomic mass is 32.1. The van der Waals surface area contributed by atoms with Crippen LogP contribution >= 0.6 is 11.3 Å². The summed E-state index contributed by atoms with van der Waals surface area (Å²) in [4.78, 5) is 9.10. The fourth-order valence-corrected chi connectivity index (χ4v) is 3.41. The molecule has 0 bridgehead atoms. The Bertz CT molecular complexity index is 911. The minimum absolute atomic E-state index is 0.231. The van der Waals surface area contributed by atoms with E-state index in [0.29, 0.717) is 17.4 Å². The third-order valence-corrected chi connectivity index (χ3v) is 4.48. The summed E-state index contributed by atoms with van der Waals surface area (Å²) in [6, 6.07) is 5.90. The van der Waals surface area contributed by atoms with Crippen LogP contribution in [0.25, 0.3) is 16.1 Å². The van der Waals surface area contributed by atoms with Gasteiger partial charge in [0.05, 0.1) is 23.4 Å². The summed E-state index contributed by atoms with van der Waals surface area (Å²) in [5.74, 6) is 0.684. The molecule has 0 fully saturated rings. The molecular weight excluding hydrogens is 324 g/mol. The molecule has 3 N–H and O–H groups in total. The highest BCUT2D eigenvalue weighted by Gasteiger charge is 2.21. The lowest BCUT2D eigenvalue weighted by Gasteiger charge is -2.02. The maximum Gasteiger partial charge on any atom is 0.236 e. The Morgan fingerprint density at radius 2 is 2.33 bits per heavy atom. The van der Waals surface area contributed by atoms with E-state index in [1.54, 1.807) is 0 Å². The molecule has 7 nitrogen and oxygen atoms in total. The summed E-state index contributed by atoms with van der Waals surface area (Å²) in [6.45, 7) is 4.52. The molecule has 0 spiro atoms. The Labute approximate surface area is 143 Å². The summed E-state index contributed by atoms with van der Waals surface area (Å²) < 4.78 is 7.55. The van der Waals surface area contributed by atoms with Crippen molar-refractivity contribution in [1.29, 1.82) is 5.41 Å². The van der Waals surface area contributed by atoms with Crippen LogP contribution in [0, 0.1) is 12.3 Å². The van der Waals surface area contributed by atoms with E-state index in [1.807, 2.05) is 42.8 Å². The number of aryl methyl sites for hydroxylation is 1. The van der Waals surface area contributed by atoms with Gasteiger partial charge in [-0.1, -0.05) is 13.0 Å². The minimum Gasteiger partial charge on any atom is -0.477 e. The van der Waals surface area contributed by atoms with Crippen molar-refractivity contribution in [3.05, 3.63) is 35.0 Å². The number of aliphatic imine (C=N–C) groups is 1. The fraction of sp³-hybridized carbons (Fsp3) is 0.250. The predicted molar refractivity (Wildman–Crippen MR) is 96.3 cm³/mol. The molecule has 0 saturated carbocycles. The van der Waals surface area contributed by atoms with Crippen LogP contribution < -0.4 is 10.5 Å². The number of hydrogen-bond acceptors (Lipinski definition) is 5. The summed E-state index contributed by atoms with van der Waals surface area (Å²) in [7, 11) is 0. The first-order valence-corrected chi connectivity index (χ1v) is 8.38. The molecule has 8 heteroatoms. The quantitative estimate of drug-likeness (QED) is 0.531. The highest BCUT2D eigenvalue weighted by molar-refractivity contribution is 7.17. The van der Waals surface area contributed by atoms with E-state index < -0.39 is 0 Å². The molecule has 124 valence electrons. The van der Waals surface area contributed by atoms with E-state index in [1.165, 1.54) is 11.3 Å². The first kappa shape index (κ1) is 16.1. The van der Waals surface area contributed by atoms with Gasteiger partial charge in [0, 0.05) is 6.20 Å². The molecule has 0 aromatic carbocycles. The van der Waals surface area contributed by atoms with Crippen LogP contribution in [0.15, 0.2) is 29.4 Å². The average molecular weight is 342 g/mol. The van der Waals surface area contributed by atoms with Gasteiger partial charge in [-0.25, -0.2) is 14.5 Å². The SMILES string of the molecule is CCCOc1nc(-c2c(C)nn3ccccc23)sc1C(N)=NC=N. The van der Waals surface area contributed by atoms with Crippen LogP contribution in [0.2, 0.25) is 0 Å². The standard InChI is InChI=1S/C16H18N6OS/c1-3-8-23-15-13(14(18)19-9-17)24-16(20-15)12-10(2)21-22-7-5-4-6-11(12)22/h4-7,9H,3,8H2,1-2H3,(H3,17,18,19). The van der Waals surface area contributed by atoms with Gasteiger partial charge in [-0.2, -0.15) is 5.10 Å². The number of aromatic nitrogens is 3. The Kier molecular flexibility index (Phi) is 4.57. The molecule has 0 atom stereocenters. The normalized spacial score (nSPS) is 11.8. The predicted octanol–water partition coefficient (Wildman–Crippen LogP) is 2.87. The number of fused-ring (bicyclic) bond motifs is 1. The van der Waals surface area contributed by atoms with Gasteiger partial charge in [0.25, 0.3) is 0 Å². The fourth-order valence-electron chi connectivity index (χ4n) is 2.38. The maximum absolute atomic E-state index is 7.12. The van der Waals surface area contributed by atoms with Crippen LogP contribution in [0.3, 0.4) is 0 Å². The number of hydrogen-bond donors (Lipinski definition) is 2. The van der Waals surface area contributed by atoms with Crippen molar-refractivity contribution in [3.8, 4) is 16.5 Å². The third kappa shape index (κ3) is 2.88. The molecule has 3 heterocycles. The number of amidine groups is 1. The van der Waals surface area contributed by atoms with Gasteiger partial charge >= 0.3 is 0 Å². The molecule has 3 aromatic rings. The summed E-state index contributed by atoms with van der Waals surface area (Å²) in [6.07, 6.45) is 3.68. The summed E-state index contributed by atoms with van der Waals surface area (Å²) in [5.41, 5.74) is 8.77. The van der Waals surface area contributed by atoms with Crippen molar-refractivity contribution in [3.63, 3.8) is 0 Å². The van der Waals surface area contributed by atoms with Gasteiger partial charge in [0.15, 0.2) is 0 Å². The second-order valence-electron chi connectivity index (χ2n) is 5.14. The zero-order chi connectivity index (χ0) is 17.1. The lowest BCUT2D eigenvalue weighted by atomic mass is 10.2. The van der Waals surface area contributed by atoms with Crippen LogP contribution in [-0.4, -0.2) is 33.4 Å². The zero-order valence-electron chi connectivity index (χ0n) is 13.5. The number of nitrogens with zero attached hydrogens (tertiary/aromatic N) is 4. The van der Waals surface area contributed by atoms with Gasteiger partial charge in [0.2, 0.25) is 5.88 Å². The largest absolute Gasteiger partial charge is 0.477 e. The minimum atomic E-state index is 0.231. The molecule has 0 aliphatic heterocycles. The van der Waals surface area contributed by atoms with E-state index in [0.717, 1.165) is 34.5 Å². The van der Waals surface area contributed by atoms with E-state index >= 15 is 0 Å². The Balaban J connectivity index is 2.15. The highest BCUT2D eigenvalue weighted by Crippen LogP contribution is 2.36. The van der Waals surface area contributed by atoms with Gasteiger partial charge in [0.1, 0.15) is 22.1 Å². The van der Waals surface area contributed by atoms with Gasteiger partial charge in [-0.05, 0) is 25.5 Å². The van der Waals surface area contributed by atoms with Gasteiger partial charge in [-0.3, -0.25) is 5.41 Å². The second-order valence-corrected chi connectivity index (χ2v) is 6.14. The van der Waals surface area contributed by atoms with Crippen molar-refractivity contribution in [2.75, 3.05) is 6.61 Å². The molecular formula is C16H18N6OS. The van der Waals surface area contributed by atoms with E-state index in [-0.39, 0.29) is 5.84 Å². The maximum atomic E-state index is 7.12. The van der Waals surface area contributed by atoms with Crippen molar-refractivity contribution in [1.82, 2.24) is 14.6 Å². The first-order valence-electron chi connectivity index (χ1n) is 7.56. The zero-order valence-corrected chi connectivity index (χ0v) is 14.3. The van der Waals surface area contributed by atoms with E-state index in [2.05, 4.69) is 15.1 Å². The van der Waals surface area contributed by atoms with Crippen LogP contribution in [0.4, 0.5) is 0 Å². The first-order chi connectivity index (χ1) is 11.7. The molecule has 3 aromatic heterocycles. The molecule has 0 aliphatic carbocycles. The van der Waals surface area contributed by atoms with Gasteiger partial charge in [-0.15, -0.1) is 11.3 Å². The van der Waals surface area contributed by atoms with Crippen LogP contribution in [0.5, 0.6) is 5.88 Å². The van der Waals surface area contributed by atoms with Crippen LogP contribution in [0.1, 0.15) is 23.9 Å². The van der Waals surface area contributed by atoms with Crippen LogP contribution in [-0.2, 0) is 0 Å².